The van der Waals surface area contributed by atoms with Gasteiger partial charge < -0.3 is 0 Å². The van der Waals surface area contributed by atoms with Crippen molar-refractivity contribution in [3.63, 3.8) is 0 Å². The summed E-state index contributed by atoms with van der Waals surface area (Å²) in [6.07, 6.45) is 4.87. The molecule has 202 valence electrons. The molecule has 1 heterocycles. The molecule has 0 unspecified atom stereocenters. The summed E-state index contributed by atoms with van der Waals surface area (Å²) in [7, 11) is 0. The van der Waals surface area contributed by atoms with E-state index >= 15 is 0 Å². The summed E-state index contributed by atoms with van der Waals surface area (Å²) >= 11 is 1.93. The van der Waals surface area contributed by atoms with Gasteiger partial charge in [0.05, 0.1) is 0 Å². The average Bonchev–Trinajstić information content (AvgIpc) is 3.38. The molecular formula is C42H28S. The van der Waals surface area contributed by atoms with Gasteiger partial charge in [0.15, 0.2) is 0 Å². The lowest BCUT2D eigenvalue weighted by Gasteiger charge is -2.22. The van der Waals surface area contributed by atoms with E-state index in [-0.39, 0.29) is 0 Å². The van der Waals surface area contributed by atoms with Crippen LogP contribution in [0.15, 0.2) is 121 Å². The Morgan fingerprint density at radius 3 is 1.47 bits per heavy atom. The minimum Gasteiger partial charge on any atom is -0.135 e. The number of rotatable bonds is 3. The zero-order chi connectivity index (χ0) is 28.1. The van der Waals surface area contributed by atoms with Gasteiger partial charge in [0.1, 0.15) is 0 Å². The molecule has 0 spiro atoms. The molecule has 0 radical (unpaired) electrons. The summed E-state index contributed by atoms with van der Waals surface area (Å²) in [5, 5.41) is 8.08. The van der Waals surface area contributed by atoms with E-state index in [0.29, 0.717) is 0 Å². The Hall–Kier alpha value is -4.72. The van der Waals surface area contributed by atoms with Gasteiger partial charge in [-0.25, -0.2) is 0 Å². The summed E-state index contributed by atoms with van der Waals surface area (Å²) in [5.74, 6) is 0. The van der Waals surface area contributed by atoms with Crippen LogP contribution in [0.2, 0.25) is 0 Å². The van der Waals surface area contributed by atoms with Crippen molar-refractivity contribution in [2.45, 2.75) is 25.7 Å². The molecule has 1 heteroatoms. The molecule has 2 aliphatic carbocycles. The number of benzene rings is 7. The standard InChI is InChI=1S/C42H28S/c1-3-7-35-33(5-1)41(34-6-2-4-8-36(34)42(35)32-18-12-25-11-15-28(25)21-32)27-13-9-26(10-14-27)29-19-20-39-37(22-29)38-23-30-16-17-31(30)24-40(38)43-39/h1-10,12-14,18-24H,11,15-17H2. The summed E-state index contributed by atoms with van der Waals surface area (Å²) in [6, 6.07) is 46.2. The van der Waals surface area contributed by atoms with Crippen LogP contribution in [0.25, 0.3) is 75.1 Å². The minimum absolute atomic E-state index is 1.20. The maximum Gasteiger partial charge on any atom is 0.0358 e. The van der Waals surface area contributed by atoms with Gasteiger partial charge in [0.25, 0.3) is 0 Å². The molecule has 10 rings (SSSR count). The summed E-state index contributed by atoms with van der Waals surface area (Å²) in [4.78, 5) is 0. The summed E-state index contributed by atoms with van der Waals surface area (Å²) < 4.78 is 2.80. The number of thiophene rings is 1. The third-order valence-electron chi connectivity index (χ3n) is 10.1. The van der Waals surface area contributed by atoms with Crippen LogP contribution in [-0.4, -0.2) is 0 Å². The van der Waals surface area contributed by atoms with Crippen molar-refractivity contribution in [2.24, 2.45) is 0 Å². The molecule has 0 bridgehead atoms. The second-order valence-corrected chi connectivity index (χ2v) is 13.4. The lowest BCUT2D eigenvalue weighted by atomic mass is 9.82. The predicted octanol–water partition coefficient (Wildman–Crippen LogP) is 11.6. The van der Waals surface area contributed by atoms with Gasteiger partial charge in [-0.15, -0.1) is 11.3 Å². The quantitative estimate of drug-likeness (QED) is 0.187. The fourth-order valence-electron chi connectivity index (χ4n) is 7.58. The monoisotopic (exact) mass is 564 g/mol. The highest BCUT2D eigenvalue weighted by Crippen LogP contribution is 2.45. The van der Waals surface area contributed by atoms with Gasteiger partial charge in [-0.05, 0) is 127 Å². The van der Waals surface area contributed by atoms with Crippen LogP contribution < -0.4 is 0 Å². The smallest absolute Gasteiger partial charge is 0.0358 e. The first kappa shape index (κ1) is 23.8. The Kier molecular flexibility index (Phi) is 4.92. The van der Waals surface area contributed by atoms with E-state index in [0.717, 1.165) is 0 Å². The number of hydrogen-bond donors (Lipinski definition) is 0. The summed E-state index contributed by atoms with van der Waals surface area (Å²) in [5.41, 5.74) is 13.9. The SMILES string of the molecule is c1ccc2c(-c3ccc4c(c3)CC4)c3ccccc3c(-c3ccc(-c4ccc5sc6cc7c(cc6c5c4)CC7)cc3)c2c1. The van der Waals surface area contributed by atoms with Crippen molar-refractivity contribution < 1.29 is 0 Å². The Balaban J connectivity index is 1.13. The zero-order valence-corrected chi connectivity index (χ0v) is 24.6. The molecule has 0 aliphatic heterocycles. The first-order valence-electron chi connectivity index (χ1n) is 15.4. The van der Waals surface area contributed by atoms with Gasteiger partial charge in [-0.2, -0.15) is 0 Å². The van der Waals surface area contributed by atoms with Crippen molar-refractivity contribution in [1.82, 2.24) is 0 Å². The van der Waals surface area contributed by atoms with Crippen LogP contribution in [0.3, 0.4) is 0 Å². The minimum atomic E-state index is 1.20. The molecule has 1 aromatic heterocycles. The molecule has 0 saturated carbocycles. The van der Waals surface area contributed by atoms with Gasteiger partial charge in [-0.1, -0.05) is 97.1 Å². The van der Waals surface area contributed by atoms with Crippen molar-refractivity contribution in [2.75, 3.05) is 0 Å². The predicted molar refractivity (Wildman–Crippen MR) is 185 cm³/mol. The number of hydrogen-bond acceptors (Lipinski definition) is 1. The molecule has 0 nitrogen and oxygen atoms in total. The van der Waals surface area contributed by atoms with Crippen molar-refractivity contribution in [1.29, 1.82) is 0 Å². The number of fused-ring (bicyclic) bond motifs is 7. The Labute approximate surface area is 254 Å². The third-order valence-corrected chi connectivity index (χ3v) is 11.2. The Morgan fingerprint density at radius 1 is 0.326 bits per heavy atom. The van der Waals surface area contributed by atoms with Crippen LogP contribution in [0.1, 0.15) is 22.3 Å². The Bertz CT molecular complexity index is 2380. The zero-order valence-electron chi connectivity index (χ0n) is 23.8. The molecule has 2 aliphatic rings. The normalized spacial score (nSPS) is 13.7. The molecule has 7 aromatic carbocycles. The van der Waals surface area contributed by atoms with E-state index in [4.69, 9.17) is 0 Å². The third kappa shape index (κ3) is 3.49. The largest absolute Gasteiger partial charge is 0.135 e. The van der Waals surface area contributed by atoms with Gasteiger partial charge in [0, 0.05) is 20.2 Å². The van der Waals surface area contributed by atoms with Crippen molar-refractivity contribution in [3.05, 3.63) is 144 Å². The van der Waals surface area contributed by atoms with Crippen molar-refractivity contribution in [3.8, 4) is 33.4 Å². The van der Waals surface area contributed by atoms with Crippen LogP contribution in [-0.2, 0) is 25.7 Å². The average molecular weight is 565 g/mol. The lowest BCUT2D eigenvalue weighted by molar-refractivity contribution is 0.840. The van der Waals surface area contributed by atoms with Gasteiger partial charge >= 0.3 is 0 Å². The van der Waals surface area contributed by atoms with Crippen molar-refractivity contribution >= 4 is 53.1 Å². The van der Waals surface area contributed by atoms with Gasteiger partial charge in [0.2, 0.25) is 0 Å². The van der Waals surface area contributed by atoms with Crippen LogP contribution in [0.4, 0.5) is 0 Å². The fourth-order valence-corrected chi connectivity index (χ4v) is 8.71. The topological polar surface area (TPSA) is 0 Å². The van der Waals surface area contributed by atoms with E-state index in [9.17, 15) is 0 Å². The molecule has 0 amide bonds. The van der Waals surface area contributed by atoms with Gasteiger partial charge in [-0.3, -0.25) is 0 Å². The fraction of sp³-hybridized carbons (Fsp3) is 0.0952. The molecular weight excluding hydrogens is 537 g/mol. The van der Waals surface area contributed by atoms with E-state index in [2.05, 4.69) is 121 Å². The first-order chi connectivity index (χ1) is 21.3. The van der Waals surface area contributed by atoms with E-state index in [1.165, 1.54) is 117 Å². The number of aryl methyl sites for hydroxylation is 4. The molecule has 8 aromatic rings. The highest BCUT2D eigenvalue weighted by molar-refractivity contribution is 7.25. The lowest BCUT2D eigenvalue weighted by Crippen LogP contribution is -2.07. The van der Waals surface area contributed by atoms with Crippen LogP contribution in [0.5, 0.6) is 0 Å². The second-order valence-electron chi connectivity index (χ2n) is 12.3. The Morgan fingerprint density at radius 2 is 0.837 bits per heavy atom. The molecule has 0 N–H and O–H groups in total. The van der Waals surface area contributed by atoms with Crippen LogP contribution >= 0.6 is 11.3 Å². The van der Waals surface area contributed by atoms with Crippen LogP contribution in [0, 0.1) is 0 Å². The maximum atomic E-state index is 2.45. The highest BCUT2D eigenvalue weighted by atomic mass is 32.1. The molecule has 43 heavy (non-hydrogen) atoms. The maximum absolute atomic E-state index is 2.45. The second kappa shape index (κ2) is 8.89. The highest BCUT2D eigenvalue weighted by Gasteiger charge is 2.20. The van der Waals surface area contributed by atoms with E-state index in [1.807, 2.05) is 11.3 Å². The summed E-state index contributed by atoms with van der Waals surface area (Å²) in [6.45, 7) is 0. The molecule has 0 saturated heterocycles. The molecule has 0 fully saturated rings. The van der Waals surface area contributed by atoms with E-state index < -0.39 is 0 Å². The van der Waals surface area contributed by atoms with E-state index in [1.54, 1.807) is 5.56 Å². The first-order valence-corrected chi connectivity index (χ1v) is 16.2. The molecule has 0 atom stereocenters.